The van der Waals surface area contributed by atoms with E-state index in [4.69, 9.17) is 31.5 Å². The molecule has 1 saturated heterocycles. The maximum Gasteiger partial charge on any atom is 0.319 e. The summed E-state index contributed by atoms with van der Waals surface area (Å²) in [6, 6.07) is 2.86. The van der Waals surface area contributed by atoms with Crippen molar-refractivity contribution < 1.29 is 19.0 Å². The second-order valence-electron chi connectivity index (χ2n) is 6.51. The van der Waals surface area contributed by atoms with Crippen molar-refractivity contribution in [1.82, 2.24) is 5.32 Å². The Morgan fingerprint density at radius 2 is 2.08 bits per heavy atom. The molecular weight excluding hydrogens is 334 g/mol. The van der Waals surface area contributed by atoms with Crippen LogP contribution in [-0.4, -0.2) is 44.5 Å². The minimum atomic E-state index is -0.353. The molecule has 2 unspecified atom stereocenters. The van der Waals surface area contributed by atoms with Gasteiger partial charge in [-0.15, -0.1) is 0 Å². The topological polar surface area (TPSA) is 94.8 Å². The molecule has 0 spiro atoms. The number of amides is 2. The third-order valence-corrected chi connectivity index (χ3v) is 5.01. The van der Waals surface area contributed by atoms with Crippen molar-refractivity contribution in [2.45, 2.75) is 30.4 Å². The molecule has 2 bridgehead atoms. The smallest absolute Gasteiger partial charge is 0.319 e. The minimum absolute atomic E-state index is 0.231. The average Bonchev–Trinajstić information content (AvgIpc) is 3.07. The van der Waals surface area contributed by atoms with E-state index < -0.39 is 0 Å². The fourth-order valence-corrected chi connectivity index (χ4v) is 3.65. The fraction of sp³-hybridized carbons (Fsp3) is 0.562. The summed E-state index contributed by atoms with van der Waals surface area (Å²) in [5, 5.41) is 5.97. The summed E-state index contributed by atoms with van der Waals surface area (Å²) in [6.07, 6.45) is 2.57. The molecule has 3 rings (SSSR count). The second kappa shape index (κ2) is 6.31. The highest BCUT2D eigenvalue weighted by atomic mass is 35.5. The number of nitrogens with one attached hydrogen (secondary N) is 2. The quantitative estimate of drug-likeness (QED) is 0.752. The normalized spacial score (nSPS) is 27.8. The summed E-state index contributed by atoms with van der Waals surface area (Å²) in [5.74, 6) is 0.937. The van der Waals surface area contributed by atoms with Gasteiger partial charge in [0.1, 0.15) is 11.5 Å². The Kier molecular flexibility index (Phi) is 4.50. The van der Waals surface area contributed by atoms with Crippen LogP contribution >= 0.6 is 11.6 Å². The Morgan fingerprint density at radius 3 is 2.62 bits per heavy atom. The van der Waals surface area contributed by atoms with Gasteiger partial charge in [0.05, 0.1) is 37.1 Å². The van der Waals surface area contributed by atoms with Crippen LogP contribution in [0.15, 0.2) is 12.1 Å². The van der Waals surface area contributed by atoms with Gasteiger partial charge in [-0.2, -0.15) is 0 Å². The minimum Gasteiger partial charge on any atom is -0.495 e. The molecule has 1 aliphatic carbocycles. The molecule has 1 heterocycles. The number of halogens is 1. The Bertz CT molecular complexity index is 644. The third kappa shape index (κ3) is 3.24. The first kappa shape index (κ1) is 17.1. The summed E-state index contributed by atoms with van der Waals surface area (Å²) in [7, 11) is 3.02. The van der Waals surface area contributed by atoms with Crippen molar-refractivity contribution in [2.75, 3.05) is 32.7 Å². The Balaban J connectivity index is 1.62. The van der Waals surface area contributed by atoms with E-state index in [-0.39, 0.29) is 17.2 Å². The molecule has 2 fully saturated rings. The molecule has 0 radical (unpaired) electrons. The molecule has 0 aromatic heterocycles. The van der Waals surface area contributed by atoms with Crippen LogP contribution in [0, 0.1) is 0 Å². The molecule has 1 saturated carbocycles. The van der Waals surface area contributed by atoms with Crippen LogP contribution in [0.25, 0.3) is 0 Å². The molecule has 2 amide bonds. The highest BCUT2D eigenvalue weighted by molar-refractivity contribution is 6.32. The van der Waals surface area contributed by atoms with E-state index in [1.54, 1.807) is 12.1 Å². The van der Waals surface area contributed by atoms with E-state index in [2.05, 4.69) is 10.6 Å². The summed E-state index contributed by atoms with van der Waals surface area (Å²) >= 11 is 6.10. The summed E-state index contributed by atoms with van der Waals surface area (Å²) in [4.78, 5) is 12.2. The van der Waals surface area contributed by atoms with Crippen molar-refractivity contribution in [3.8, 4) is 11.5 Å². The number of anilines is 1. The molecule has 4 N–H and O–H groups in total. The zero-order valence-corrected chi connectivity index (χ0v) is 14.5. The zero-order valence-electron chi connectivity index (χ0n) is 13.8. The number of urea groups is 1. The fourth-order valence-electron chi connectivity index (χ4n) is 3.41. The lowest BCUT2D eigenvalue weighted by Gasteiger charge is -2.27. The molecule has 7 nitrogen and oxygen atoms in total. The first-order valence-electron chi connectivity index (χ1n) is 7.78. The number of ether oxygens (including phenoxy) is 3. The molecular formula is C16H22ClN3O4. The monoisotopic (exact) mass is 355 g/mol. The SMILES string of the molecule is COc1cc(OC)c(NC(=O)NCC23CCC(N)(CO2)C3)cc1Cl. The van der Waals surface area contributed by atoms with E-state index in [9.17, 15) is 4.79 Å². The van der Waals surface area contributed by atoms with E-state index in [0.29, 0.717) is 35.4 Å². The van der Waals surface area contributed by atoms with Crippen LogP contribution in [0.1, 0.15) is 19.3 Å². The Morgan fingerprint density at radius 1 is 1.33 bits per heavy atom. The van der Waals surface area contributed by atoms with Gasteiger partial charge in [-0.25, -0.2) is 4.79 Å². The summed E-state index contributed by atoms with van der Waals surface area (Å²) in [5.41, 5.74) is 6.09. The van der Waals surface area contributed by atoms with Crippen molar-refractivity contribution in [1.29, 1.82) is 0 Å². The molecule has 8 heteroatoms. The van der Waals surface area contributed by atoms with Crippen LogP contribution in [-0.2, 0) is 4.74 Å². The van der Waals surface area contributed by atoms with E-state index in [1.807, 2.05) is 0 Å². The molecule has 2 atom stereocenters. The van der Waals surface area contributed by atoms with Crippen LogP contribution in [0.3, 0.4) is 0 Å². The number of hydrogen-bond acceptors (Lipinski definition) is 5. The third-order valence-electron chi connectivity index (χ3n) is 4.71. The van der Waals surface area contributed by atoms with Crippen molar-refractivity contribution in [3.05, 3.63) is 17.2 Å². The number of benzene rings is 1. The van der Waals surface area contributed by atoms with Crippen LogP contribution in [0.4, 0.5) is 10.5 Å². The van der Waals surface area contributed by atoms with Gasteiger partial charge < -0.3 is 30.6 Å². The molecule has 1 aliphatic heterocycles. The van der Waals surface area contributed by atoms with E-state index in [0.717, 1.165) is 19.3 Å². The average molecular weight is 356 g/mol. The van der Waals surface area contributed by atoms with Crippen LogP contribution in [0.2, 0.25) is 5.02 Å². The highest BCUT2D eigenvalue weighted by Gasteiger charge is 2.53. The van der Waals surface area contributed by atoms with Crippen LogP contribution in [0.5, 0.6) is 11.5 Å². The summed E-state index contributed by atoms with van der Waals surface area (Å²) in [6.45, 7) is 0.974. The van der Waals surface area contributed by atoms with Gasteiger partial charge in [-0.1, -0.05) is 11.6 Å². The Labute approximate surface area is 145 Å². The predicted octanol–water partition coefficient (Wildman–Crippen LogP) is 2.13. The molecule has 1 aromatic rings. The number of rotatable bonds is 5. The highest BCUT2D eigenvalue weighted by Crippen LogP contribution is 2.45. The van der Waals surface area contributed by atoms with Gasteiger partial charge >= 0.3 is 6.03 Å². The van der Waals surface area contributed by atoms with Crippen molar-refractivity contribution in [3.63, 3.8) is 0 Å². The van der Waals surface area contributed by atoms with Gasteiger partial charge in [0.15, 0.2) is 0 Å². The van der Waals surface area contributed by atoms with E-state index in [1.165, 1.54) is 14.2 Å². The lowest BCUT2D eigenvalue weighted by molar-refractivity contribution is -0.0161. The Hall–Kier alpha value is -1.70. The predicted molar refractivity (Wildman–Crippen MR) is 91.0 cm³/mol. The van der Waals surface area contributed by atoms with Crippen molar-refractivity contribution >= 4 is 23.3 Å². The number of carbonyl (C=O) groups excluding carboxylic acids is 1. The maximum atomic E-state index is 12.2. The summed E-state index contributed by atoms with van der Waals surface area (Å²) < 4.78 is 16.2. The molecule has 1 aromatic carbocycles. The molecule has 2 aliphatic rings. The van der Waals surface area contributed by atoms with E-state index >= 15 is 0 Å². The van der Waals surface area contributed by atoms with Gasteiger partial charge in [0.25, 0.3) is 0 Å². The van der Waals surface area contributed by atoms with Gasteiger partial charge in [0, 0.05) is 18.2 Å². The van der Waals surface area contributed by atoms with Gasteiger partial charge in [-0.05, 0) is 25.3 Å². The largest absolute Gasteiger partial charge is 0.495 e. The molecule has 132 valence electrons. The number of fused-ring (bicyclic) bond motifs is 2. The second-order valence-corrected chi connectivity index (χ2v) is 6.91. The maximum absolute atomic E-state index is 12.2. The first-order valence-corrected chi connectivity index (χ1v) is 8.16. The lowest BCUT2D eigenvalue weighted by Crippen LogP contribution is -2.43. The number of hydrogen-bond donors (Lipinski definition) is 3. The van der Waals surface area contributed by atoms with Gasteiger partial charge in [0.2, 0.25) is 0 Å². The number of methoxy groups -OCH3 is 2. The molecule has 24 heavy (non-hydrogen) atoms. The van der Waals surface area contributed by atoms with Crippen molar-refractivity contribution in [2.24, 2.45) is 5.73 Å². The number of nitrogens with two attached hydrogens (primary N) is 1. The lowest BCUT2D eigenvalue weighted by atomic mass is 10.00. The number of carbonyl (C=O) groups is 1. The zero-order chi connectivity index (χ0) is 17.4. The van der Waals surface area contributed by atoms with Gasteiger partial charge in [-0.3, -0.25) is 0 Å². The van der Waals surface area contributed by atoms with Crippen LogP contribution < -0.4 is 25.8 Å². The first-order chi connectivity index (χ1) is 11.4. The standard InChI is InChI=1S/C16H22ClN3O4/c1-22-12-6-13(23-2)11(5-10(12)17)20-14(21)19-8-16-4-3-15(18,7-16)9-24-16/h5-6H,3-4,7-9,18H2,1-2H3,(H2,19,20,21).